The first-order valence-corrected chi connectivity index (χ1v) is 5.96. The predicted molar refractivity (Wildman–Crippen MR) is 71.5 cm³/mol. The van der Waals surface area contributed by atoms with Gasteiger partial charge in [-0.25, -0.2) is 0 Å². The molecule has 5 heteroatoms. The summed E-state index contributed by atoms with van der Waals surface area (Å²) in [5.74, 6) is 0.631. The maximum absolute atomic E-state index is 12.0. The minimum atomic E-state index is -0.144. The van der Waals surface area contributed by atoms with Gasteiger partial charge in [0, 0.05) is 12.2 Å². The van der Waals surface area contributed by atoms with Crippen molar-refractivity contribution in [1.82, 2.24) is 0 Å². The van der Waals surface area contributed by atoms with E-state index in [4.69, 9.17) is 16.2 Å². The second kappa shape index (κ2) is 4.49. The summed E-state index contributed by atoms with van der Waals surface area (Å²) >= 11 is 0. The number of hydrogen-bond acceptors (Lipinski definition) is 4. The largest absolute Gasteiger partial charge is 0.482 e. The van der Waals surface area contributed by atoms with Crippen molar-refractivity contribution in [2.75, 3.05) is 30.3 Å². The van der Waals surface area contributed by atoms with Crippen LogP contribution in [0, 0.1) is 5.41 Å². The molecule has 0 saturated heterocycles. The lowest BCUT2D eigenvalue weighted by molar-refractivity contribution is -0.121. The Balaban J connectivity index is 2.36. The first-order chi connectivity index (χ1) is 8.43. The average molecular weight is 249 g/mol. The van der Waals surface area contributed by atoms with Crippen LogP contribution < -0.4 is 21.1 Å². The molecule has 5 nitrogen and oxygen atoms in total. The van der Waals surface area contributed by atoms with Crippen molar-refractivity contribution < 1.29 is 9.53 Å². The fourth-order valence-electron chi connectivity index (χ4n) is 1.89. The van der Waals surface area contributed by atoms with E-state index in [9.17, 15) is 4.79 Å². The number of benzene rings is 1. The minimum absolute atomic E-state index is 0.0605. The van der Waals surface area contributed by atoms with Crippen LogP contribution in [0.25, 0.3) is 0 Å². The molecular weight excluding hydrogens is 230 g/mol. The molecule has 0 bridgehead atoms. The summed E-state index contributed by atoms with van der Waals surface area (Å²) < 4.78 is 5.39. The molecule has 0 atom stereocenters. The summed E-state index contributed by atoms with van der Waals surface area (Å²) in [6.45, 7) is 5.19. The van der Waals surface area contributed by atoms with E-state index in [1.165, 1.54) is 0 Å². The minimum Gasteiger partial charge on any atom is -0.482 e. The summed E-state index contributed by atoms with van der Waals surface area (Å²) in [7, 11) is 0. The van der Waals surface area contributed by atoms with Gasteiger partial charge in [-0.2, -0.15) is 0 Å². The summed E-state index contributed by atoms with van der Waals surface area (Å²) in [4.78, 5) is 13.7. The Hall–Kier alpha value is -1.75. The first kappa shape index (κ1) is 12.7. The van der Waals surface area contributed by atoms with Gasteiger partial charge in [0.15, 0.2) is 6.61 Å². The Morgan fingerprint density at radius 1 is 1.44 bits per heavy atom. The topological polar surface area (TPSA) is 81.6 Å². The lowest BCUT2D eigenvalue weighted by Crippen LogP contribution is -2.46. The van der Waals surface area contributed by atoms with Gasteiger partial charge in [-0.3, -0.25) is 4.79 Å². The first-order valence-electron chi connectivity index (χ1n) is 5.96. The Bertz CT molecular complexity index is 471. The van der Waals surface area contributed by atoms with Crippen molar-refractivity contribution in [2.45, 2.75) is 13.8 Å². The molecule has 2 rings (SSSR count). The van der Waals surface area contributed by atoms with Crippen molar-refractivity contribution in [2.24, 2.45) is 11.1 Å². The Kier molecular flexibility index (Phi) is 3.17. The standard InChI is InChI=1S/C13H19N3O2/c1-13(2,7-14)8-16-10-5-9(15)3-4-11(10)18-6-12(16)17/h3-5H,6-8,14-15H2,1-2H3. The summed E-state index contributed by atoms with van der Waals surface area (Å²) in [6, 6.07) is 5.32. The van der Waals surface area contributed by atoms with Gasteiger partial charge in [-0.05, 0) is 30.2 Å². The summed E-state index contributed by atoms with van der Waals surface area (Å²) in [5, 5.41) is 0. The fourth-order valence-corrected chi connectivity index (χ4v) is 1.89. The van der Waals surface area contributed by atoms with Gasteiger partial charge in [0.05, 0.1) is 5.69 Å². The molecule has 1 aliphatic heterocycles. The summed E-state index contributed by atoms with van der Waals surface area (Å²) in [5.41, 5.74) is 12.7. The van der Waals surface area contributed by atoms with Gasteiger partial charge in [-0.1, -0.05) is 13.8 Å². The Labute approximate surface area is 107 Å². The highest BCUT2D eigenvalue weighted by Gasteiger charge is 2.30. The van der Waals surface area contributed by atoms with E-state index in [0.717, 1.165) is 5.69 Å². The van der Waals surface area contributed by atoms with E-state index in [-0.39, 0.29) is 17.9 Å². The highest BCUT2D eigenvalue weighted by Crippen LogP contribution is 2.35. The Morgan fingerprint density at radius 3 is 2.83 bits per heavy atom. The van der Waals surface area contributed by atoms with E-state index in [0.29, 0.717) is 24.5 Å². The van der Waals surface area contributed by atoms with Crippen molar-refractivity contribution in [3.05, 3.63) is 18.2 Å². The molecule has 1 aromatic carbocycles. The third-order valence-electron chi connectivity index (χ3n) is 3.06. The van der Waals surface area contributed by atoms with Crippen LogP contribution in [0.2, 0.25) is 0 Å². The van der Waals surface area contributed by atoms with Crippen LogP contribution in [0.15, 0.2) is 18.2 Å². The molecular formula is C13H19N3O2. The number of amides is 1. The summed E-state index contributed by atoms with van der Waals surface area (Å²) in [6.07, 6.45) is 0. The van der Waals surface area contributed by atoms with E-state index in [2.05, 4.69) is 0 Å². The van der Waals surface area contributed by atoms with E-state index in [1.54, 1.807) is 23.1 Å². The fraction of sp³-hybridized carbons (Fsp3) is 0.462. The molecule has 18 heavy (non-hydrogen) atoms. The van der Waals surface area contributed by atoms with Gasteiger partial charge in [0.2, 0.25) is 0 Å². The number of carbonyl (C=O) groups excluding carboxylic acids is 1. The molecule has 0 spiro atoms. The van der Waals surface area contributed by atoms with Crippen LogP contribution >= 0.6 is 0 Å². The van der Waals surface area contributed by atoms with Gasteiger partial charge >= 0.3 is 0 Å². The van der Waals surface area contributed by atoms with Crippen LogP contribution in [-0.2, 0) is 4.79 Å². The number of fused-ring (bicyclic) bond motifs is 1. The molecule has 98 valence electrons. The third-order valence-corrected chi connectivity index (χ3v) is 3.06. The van der Waals surface area contributed by atoms with Crippen molar-refractivity contribution >= 4 is 17.3 Å². The van der Waals surface area contributed by atoms with Crippen molar-refractivity contribution in [3.8, 4) is 5.75 Å². The number of ether oxygens (including phenoxy) is 1. The molecule has 1 heterocycles. The Morgan fingerprint density at radius 2 is 2.17 bits per heavy atom. The zero-order valence-corrected chi connectivity index (χ0v) is 10.8. The van der Waals surface area contributed by atoms with Crippen LogP contribution in [0.5, 0.6) is 5.75 Å². The smallest absolute Gasteiger partial charge is 0.265 e. The van der Waals surface area contributed by atoms with E-state index < -0.39 is 0 Å². The number of hydrogen-bond donors (Lipinski definition) is 2. The van der Waals surface area contributed by atoms with E-state index in [1.807, 2.05) is 13.8 Å². The SMILES string of the molecule is CC(C)(CN)CN1C(=O)COc2ccc(N)cc21. The van der Waals surface area contributed by atoms with Crippen LogP contribution in [0.1, 0.15) is 13.8 Å². The molecule has 0 aromatic heterocycles. The van der Waals surface area contributed by atoms with Gasteiger partial charge in [0.1, 0.15) is 5.75 Å². The zero-order valence-electron chi connectivity index (χ0n) is 10.8. The number of nitrogens with two attached hydrogens (primary N) is 2. The van der Waals surface area contributed by atoms with Crippen molar-refractivity contribution in [1.29, 1.82) is 0 Å². The zero-order chi connectivity index (χ0) is 13.3. The number of carbonyl (C=O) groups is 1. The number of rotatable bonds is 3. The van der Waals surface area contributed by atoms with Crippen LogP contribution in [0.3, 0.4) is 0 Å². The predicted octanol–water partition coefficient (Wildman–Crippen LogP) is 0.979. The number of nitrogen functional groups attached to an aromatic ring is 1. The molecule has 1 amide bonds. The molecule has 0 radical (unpaired) electrons. The van der Waals surface area contributed by atoms with E-state index >= 15 is 0 Å². The normalized spacial score (nSPS) is 15.3. The van der Waals surface area contributed by atoms with Gasteiger partial charge in [0.25, 0.3) is 5.91 Å². The second-order valence-corrected chi connectivity index (χ2v) is 5.36. The quantitative estimate of drug-likeness (QED) is 0.782. The lowest BCUT2D eigenvalue weighted by Gasteiger charge is -2.35. The maximum atomic E-state index is 12.0. The molecule has 1 aliphatic rings. The third kappa shape index (κ3) is 2.41. The van der Waals surface area contributed by atoms with Gasteiger partial charge < -0.3 is 21.1 Å². The molecule has 0 fully saturated rings. The highest BCUT2D eigenvalue weighted by atomic mass is 16.5. The lowest BCUT2D eigenvalue weighted by atomic mass is 9.92. The molecule has 0 saturated carbocycles. The van der Waals surface area contributed by atoms with Crippen molar-refractivity contribution in [3.63, 3.8) is 0 Å². The maximum Gasteiger partial charge on any atom is 0.265 e. The highest BCUT2D eigenvalue weighted by molar-refractivity contribution is 5.98. The van der Waals surface area contributed by atoms with Crippen LogP contribution in [-0.4, -0.2) is 25.6 Å². The number of nitrogens with zero attached hydrogens (tertiary/aromatic N) is 1. The van der Waals surface area contributed by atoms with Crippen LogP contribution in [0.4, 0.5) is 11.4 Å². The second-order valence-electron chi connectivity index (χ2n) is 5.36. The molecule has 1 aromatic rings. The monoisotopic (exact) mass is 249 g/mol. The average Bonchev–Trinajstić information content (AvgIpc) is 2.33. The molecule has 4 N–H and O–H groups in total. The number of anilines is 2. The van der Waals surface area contributed by atoms with Gasteiger partial charge in [-0.15, -0.1) is 0 Å². The molecule has 0 aliphatic carbocycles. The molecule has 0 unspecified atom stereocenters.